The Balaban J connectivity index is 2.46. The van der Waals surface area contributed by atoms with Crippen molar-refractivity contribution in [3.8, 4) is 5.75 Å². The molecule has 0 aliphatic heterocycles. The largest absolute Gasteiger partial charge is 0.534 e. The van der Waals surface area contributed by atoms with Gasteiger partial charge in [0.05, 0.1) is 10.7 Å². The molecule has 98 valence electrons. The molecule has 1 aromatic carbocycles. The predicted molar refractivity (Wildman–Crippen MR) is 59.5 cm³/mol. The van der Waals surface area contributed by atoms with E-state index in [0.29, 0.717) is 5.39 Å². The van der Waals surface area contributed by atoms with Crippen LogP contribution in [0.3, 0.4) is 0 Å². The van der Waals surface area contributed by atoms with E-state index in [-0.39, 0.29) is 10.1 Å². The van der Waals surface area contributed by atoms with Gasteiger partial charge in [0.15, 0.2) is 5.75 Å². The summed E-state index contributed by atoms with van der Waals surface area (Å²) in [5.74, 6) is -0.491. The van der Waals surface area contributed by atoms with Crippen LogP contribution >= 0.6 is 15.9 Å². The standard InChI is InChI=1S/C9H4BrF3O4S/c10-6-3-5-1-2-16-7(5)4-8(6)17-18(14,15)9(11,12)13/h1-4H. The van der Waals surface area contributed by atoms with Gasteiger partial charge in [-0.2, -0.15) is 21.6 Å². The Morgan fingerprint density at radius 3 is 2.56 bits per heavy atom. The summed E-state index contributed by atoms with van der Waals surface area (Å²) in [5, 5.41) is 0.596. The third-order valence-electron chi connectivity index (χ3n) is 1.99. The van der Waals surface area contributed by atoms with Gasteiger partial charge in [-0.05, 0) is 28.1 Å². The molecule has 0 amide bonds. The minimum atomic E-state index is -5.70. The number of furan rings is 1. The molecule has 0 spiro atoms. The van der Waals surface area contributed by atoms with Gasteiger partial charge in [-0.1, -0.05) is 0 Å². The molecule has 18 heavy (non-hydrogen) atoms. The fraction of sp³-hybridized carbons (Fsp3) is 0.111. The topological polar surface area (TPSA) is 56.5 Å². The van der Waals surface area contributed by atoms with Crippen molar-refractivity contribution in [1.82, 2.24) is 0 Å². The van der Waals surface area contributed by atoms with E-state index in [1.807, 2.05) is 0 Å². The molecule has 1 aromatic heterocycles. The van der Waals surface area contributed by atoms with Crippen molar-refractivity contribution >= 4 is 37.0 Å². The van der Waals surface area contributed by atoms with Crippen molar-refractivity contribution in [1.29, 1.82) is 0 Å². The third kappa shape index (κ3) is 2.32. The first-order chi connectivity index (χ1) is 8.21. The van der Waals surface area contributed by atoms with Crippen LogP contribution in [0.4, 0.5) is 13.2 Å². The molecule has 9 heteroatoms. The van der Waals surface area contributed by atoms with E-state index in [9.17, 15) is 21.6 Å². The maximum absolute atomic E-state index is 12.2. The second-order valence-corrected chi connectivity index (χ2v) is 5.62. The second-order valence-electron chi connectivity index (χ2n) is 3.22. The Labute approximate surface area is 108 Å². The molecule has 0 saturated carbocycles. The Kier molecular flexibility index (Phi) is 3.06. The first kappa shape index (κ1) is 13.2. The zero-order chi connectivity index (χ0) is 13.6. The first-order valence-corrected chi connectivity index (χ1v) is 6.58. The summed E-state index contributed by atoms with van der Waals surface area (Å²) < 4.78 is 67.2. The number of benzene rings is 1. The van der Waals surface area contributed by atoms with Gasteiger partial charge in [0, 0.05) is 11.5 Å². The molecule has 0 aliphatic carbocycles. The van der Waals surface area contributed by atoms with E-state index in [1.165, 1.54) is 12.3 Å². The predicted octanol–water partition coefficient (Wildman–Crippen LogP) is 3.42. The van der Waals surface area contributed by atoms with Crippen LogP contribution in [-0.4, -0.2) is 13.9 Å². The summed E-state index contributed by atoms with van der Waals surface area (Å²) in [7, 11) is -5.70. The van der Waals surface area contributed by atoms with Crippen LogP contribution in [0.2, 0.25) is 0 Å². The number of halogens is 4. The van der Waals surface area contributed by atoms with Crippen LogP contribution in [0.1, 0.15) is 0 Å². The fourth-order valence-electron chi connectivity index (χ4n) is 1.19. The van der Waals surface area contributed by atoms with Crippen LogP contribution in [-0.2, 0) is 10.1 Å². The van der Waals surface area contributed by atoms with Crippen LogP contribution in [0.15, 0.2) is 33.4 Å². The number of alkyl halides is 3. The third-order valence-corrected chi connectivity index (χ3v) is 3.58. The molecular formula is C9H4BrF3O4S. The lowest BCUT2D eigenvalue weighted by Gasteiger charge is -2.10. The Bertz CT molecular complexity index is 689. The molecule has 0 fully saturated rings. The molecule has 2 aromatic rings. The number of hydrogen-bond acceptors (Lipinski definition) is 4. The Morgan fingerprint density at radius 2 is 1.94 bits per heavy atom. The normalized spacial score (nSPS) is 12.9. The molecule has 0 aliphatic rings. The average Bonchev–Trinajstić information content (AvgIpc) is 2.63. The minimum Gasteiger partial charge on any atom is -0.464 e. The van der Waals surface area contributed by atoms with Crippen LogP contribution in [0, 0.1) is 0 Å². The van der Waals surface area contributed by atoms with Crippen molar-refractivity contribution in [2.24, 2.45) is 0 Å². The van der Waals surface area contributed by atoms with Crippen molar-refractivity contribution in [2.45, 2.75) is 5.51 Å². The Hall–Kier alpha value is -1.22. The van der Waals surface area contributed by atoms with Gasteiger partial charge in [-0.25, -0.2) is 0 Å². The van der Waals surface area contributed by atoms with Crippen LogP contribution in [0.5, 0.6) is 5.75 Å². The van der Waals surface area contributed by atoms with E-state index in [1.54, 1.807) is 6.07 Å². The second kappa shape index (κ2) is 4.16. The number of fused-ring (bicyclic) bond motifs is 1. The van der Waals surface area contributed by atoms with Gasteiger partial charge in [0.1, 0.15) is 5.58 Å². The lowest BCUT2D eigenvalue weighted by molar-refractivity contribution is -0.0500. The van der Waals surface area contributed by atoms with E-state index in [2.05, 4.69) is 20.1 Å². The van der Waals surface area contributed by atoms with Crippen LogP contribution < -0.4 is 4.18 Å². The van der Waals surface area contributed by atoms with E-state index in [4.69, 9.17) is 4.42 Å². The molecule has 1 heterocycles. The van der Waals surface area contributed by atoms with Crippen molar-refractivity contribution in [3.63, 3.8) is 0 Å². The van der Waals surface area contributed by atoms with Crippen molar-refractivity contribution in [2.75, 3.05) is 0 Å². The summed E-state index contributed by atoms with van der Waals surface area (Å²) in [6.07, 6.45) is 1.32. The van der Waals surface area contributed by atoms with Gasteiger partial charge >= 0.3 is 15.6 Å². The molecule has 0 N–H and O–H groups in total. The maximum Gasteiger partial charge on any atom is 0.534 e. The fourth-order valence-corrected chi connectivity index (χ4v) is 2.21. The highest BCUT2D eigenvalue weighted by atomic mass is 79.9. The van der Waals surface area contributed by atoms with Gasteiger partial charge < -0.3 is 8.60 Å². The number of hydrogen-bond donors (Lipinski definition) is 0. The summed E-state index contributed by atoms with van der Waals surface area (Å²) in [6.45, 7) is 0. The quantitative estimate of drug-likeness (QED) is 0.618. The van der Waals surface area contributed by atoms with Crippen LogP contribution in [0.25, 0.3) is 11.0 Å². The lowest BCUT2D eigenvalue weighted by atomic mass is 10.2. The monoisotopic (exact) mass is 344 g/mol. The minimum absolute atomic E-state index is 0.0734. The summed E-state index contributed by atoms with van der Waals surface area (Å²) in [6, 6.07) is 4.02. The van der Waals surface area contributed by atoms with E-state index < -0.39 is 21.4 Å². The lowest BCUT2D eigenvalue weighted by Crippen LogP contribution is -2.28. The molecule has 0 radical (unpaired) electrons. The Morgan fingerprint density at radius 1 is 1.28 bits per heavy atom. The smallest absolute Gasteiger partial charge is 0.464 e. The molecule has 0 saturated heterocycles. The highest BCUT2D eigenvalue weighted by Gasteiger charge is 2.48. The highest BCUT2D eigenvalue weighted by Crippen LogP contribution is 2.34. The number of rotatable bonds is 2. The van der Waals surface area contributed by atoms with E-state index in [0.717, 1.165) is 6.07 Å². The first-order valence-electron chi connectivity index (χ1n) is 4.38. The summed E-state index contributed by atoms with van der Waals surface area (Å²) in [4.78, 5) is 0. The molecule has 0 atom stereocenters. The molecule has 0 bridgehead atoms. The van der Waals surface area contributed by atoms with Crippen molar-refractivity contribution < 1.29 is 30.2 Å². The molecular weight excluding hydrogens is 341 g/mol. The average molecular weight is 345 g/mol. The van der Waals surface area contributed by atoms with E-state index >= 15 is 0 Å². The molecule has 2 rings (SSSR count). The van der Waals surface area contributed by atoms with Gasteiger partial charge in [0.2, 0.25) is 0 Å². The van der Waals surface area contributed by atoms with Gasteiger partial charge in [0.25, 0.3) is 0 Å². The molecule has 0 unspecified atom stereocenters. The van der Waals surface area contributed by atoms with Gasteiger partial charge in [-0.3, -0.25) is 0 Å². The molecule has 4 nitrogen and oxygen atoms in total. The van der Waals surface area contributed by atoms with Gasteiger partial charge in [-0.15, -0.1) is 0 Å². The zero-order valence-electron chi connectivity index (χ0n) is 8.36. The zero-order valence-corrected chi connectivity index (χ0v) is 10.8. The SMILES string of the molecule is O=S(=O)(Oc1cc2occc2cc1Br)C(F)(F)F. The summed E-state index contributed by atoms with van der Waals surface area (Å²) in [5.41, 5.74) is -5.27. The van der Waals surface area contributed by atoms with Crippen molar-refractivity contribution in [3.05, 3.63) is 28.9 Å². The maximum atomic E-state index is 12.2. The summed E-state index contributed by atoms with van der Waals surface area (Å²) >= 11 is 2.92. The highest BCUT2D eigenvalue weighted by molar-refractivity contribution is 9.10.